The molecule has 0 spiro atoms. The molecule has 0 unspecified atom stereocenters. The van der Waals surface area contributed by atoms with E-state index in [4.69, 9.17) is 0 Å². The number of rotatable bonds is 3. The summed E-state index contributed by atoms with van der Waals surface area (Å²) in [5.74, 6) is 0.613. The van der Waals surface area contributed by atoms with Crippen molar-refractivity contribution in [2.75, 3.05) is 5.32 Å². The number of benzene rings is 1. The zero-order chi connectivity index (χ0) is 15.6. The summed E-state index contributed by atoms with van der Waals surface area (Å²) in [6.07, 6.45) is 5.85. The van der Waals surface area contributed by atoms with Crippen LogP contribution in [-0.2, 0) is 0 Å². The lowest BCUT2D eigenvalue weighted by Gasteiger charge is -2.06. The van der Waals surface area contributed by atoms with E-state index >= 15 is 0 Å². The molecule has 0 aliphatic heterocycles. The molecule has 112 valence electrons. The third kappa shape index (κ3) is 2.50. The van der Waals surface area contributed by atoms with Crippen LogP contribution in [0.15, 0.2) is 49.6 Å². The molecule has 1 amide bonds. The van der Waals surface area contributed by atoms with Crippen LogP contribution in [0.2, 0.25) is 0 Å². The van der Waals surface area contributed by atoms with Gasteiger partial charge >= 0.3 is 0 Å². The first kappa shape index (κ1) is 13.1. The molecule has 0 aliphatic rings. The SMILES string of the molecule is O=C(Nc1cc(-n2cncn2)ncn1)c1ccc2nc[nH]c2c1. The molecule has 1 aromatic carbocycles. The summed E-state index contributed by atoms with van der Waals surface area (Å²) in [7, 11) is 0. The Balaban J connectivity index is 1.59. The van der Waals surface area contributed by atoms with Gasteiger partial charge in [-0.2, -0.15) is 5.10 Å². The lowest BCUT2D eigenvalue weighted by Crippen LogP contribution is -2.13. The van der Waals surface area contributed by atoms with Crippen LogP contribution >= 0.6 is 0 Å². The van der Waals surface area contributed by atoms with E-state index in [2.05, 4.69) is 35.3 Å². The van der Waals surface area contributed by atoms with Gasteiger partial charge in [-0.25, -0.2) is 24.6 Å². The number of nitrogens with one attached hydrogen (secondary N) is 2. The smallest absolute Gasteiger partial charge is 0.256 e. The van der Waals surface area contributed by atoms with E-state index in [1.54, 1.807) is 30.6 Å². The molecule has 4 aromatic rings. The van der Waals surface area contributed by atoms with E-state index in [9.17, 15) is 4.79 Å². The first-order chi connectivity index (χ1) is 11.3. The predicted octanol–water partition coefficient (Wildman–Crippen LogP) is 1.19. The summed E-state index contributed by atoms with van der Waals surface area (Å²) < 4.78 is 1.48. The highest BCUT2D eigenvalue weighted by atomic mass is 16.1. The predicted molar refractivity (Wildman–Crippen MR) is 81.0 cm³/mol. The van der Waals surface area contributed by atoms with Gasteiger partial charge in [-0.1, -0.05) is 0 Å². The fourth-order valence-electron chi connectivity index (χ4n) is 2.13. The normalized spacial score (nSPS) is 10.8. The first-order valence-corrected chi connectivity index (χ1v) is 6.71. The number of imidazole rings is 1. The summed E-state index contributed by atoms with van der Waals surface area (Å²) in [5.41, 5.74) is 2.10. The molecule has 0 aliphatic carbocycles. The second kappa shape index (κ2) is 5.30. The number of hydrogen-bond donors (Lipinski definition) is 2. The van der Waals surface area contributed by atoms with Gasteiger partial charge in [0.05, 0.1) is 17.4 Å². The van der Waals surface area contributed by atoms with Crippen molar-refractivity contribution in [2.45, 2.75) is 0 Å². The fraction of sp³-hybridized carbons (Fsp3) is 0. The van der Waals surface area contributed by atoms with Crippen molar-refractivity contribution in [3.05, 3.63) is 55.1 Å². The molecule has 4 rings (SSSR count). The number of aromatic amines is 1. The van der Waals surface area contributed by atoms with Crippen molar-refractivity contribution in [2.24, 2.45) is 0 Å². The topological polar surface area (TPSA) is 114 Å². The number of amides is 1. The zero-order valence-corrected chi connectivity index (χ0v) is 11.7. The van der Waals surface area contributed by atoms with Gasteiger partial charge in [0.1, 0.15) is 24.8 Å². The van der Waals surface area contributed by atoms with E-state index in [1.165, 1.54) is 23.7 Å². The fourth-order valence-corrected chi connectivity index (χ4v) is 2.13. The van der Waals surface area contributed by atoms with Crippen LogP contribution in [0.25, 0.3) is 16.9 Å². The molecule has 0 bridgehead atoms. The lowest BCUT2D eigenvalue weighted by molar-refractivity contribution is 0.102. The number of aromatic nitrogens is 7. The minimum absolute atomic E-state index is 0.273. The van der Waals surface area contributed by atoms with Crippen LogP contribution in [0.1, 0.15) is 10.4 Å². The minimum Gasteiger partial charge on any atom is -0.345 e. The van der Waals surface area contributed by atoms with E-state index in [0.29, 0.717) is 17.2 Å². The minimum atomic E-state index is -0.273. The Hall–Kier alpha value is -3.62. The molecule has 9 heteroatoms. The largest absolute Gasteiger partial charge is 0.345 e. The highest BCUT2D eigenvalue weighted by molar-refractivity contribution is 6.05. The molecule has 0 saturated carbocycles. The van der Waals surface area contributed by atoms with Crippen LogP contribution in [0.3, 0.4) is 0 Å². The summed E-state index contributed by atoms with van der Waals surface area (Å²) in [5, 5.41) is 6.72. The second-order valence-electron chi connectivity index (χ2n) is 4.69. The van der Waals surface area contributed by atoms with E-state index in [0.717, 1.165) is 11.0 Å². The average Bonchev–Trinajstić information content (AvgIpc) is 3.26. The quantitative estimate of drug-likeness (QED) is 0.587. The van der Waals surface area contributed by atoms with Crippen molar-refractivity contribution in [1.82, 2.24) is 34.7 Å². The average molecular weight is 306 g/mol. The molecule has 0 saturated heterocycles. The molecule has 0 radical (unpaired) electrons. The summed E-state index contributed by atoms with van der Waals surface area (Å²) >= 11 is 0. The van der Waals surface area contributed by atoms with Gasteiger partial charge in [0, 0.05) is 11.6 Å². The van der Waals surface area contributed by atoms with Crippen molar-refractivity contribution in [3.8, 4) is 5.82 Å². The maximum Gasteiger partial charge on any atom is 0.256 e. The molecule has 0 fully saturated rings. The van der Waals surface area contributed by atoms with Gasteiger partial charge in [0.25, 0.3) is 5.91 Å². The van der Waals surface area contributed by atoms with E-state index < -0.39 is 0 Å². The molecule has 3 aromatic heterocycles. The Morgan fingerprint density at radius 2 is 2.09 bits per heavy atom. The monoisotopic (exact) mass is 306 g/mol. The summed E-state index contributed by atoms with van der Waals surface area (Å²) in [6.45, 7) is 0. The molecular formula is C14H10N8O. The van der Waals surface area contributed by atoms with Crippen LogP contribution in [0, 0.1) is 0 Å². The Bertz CT molecular complexity index is 975. The highest BCUT2D eigenvalue weighted by Gasteiger charge is 2.10. The molecule has 2 N–H and O–H groups in total. The maximum absolute atomic E-state index is 12.3. The zero-order valence-electron chi connectivity index (χ0n) is 11.7. The van der Waals surface area contributed by atoms with Gasteiger partial charge in [-0.3, -0.25) is 4.79 Å². The van der Waals surface area contributed by atoms with E-state index in [-0.39, 0.29) is 5.91 Å². The van der Waals surface area contributed by atoms with Crippen molar-refractivity contribution in [3.63, 3.8) is 0 Å². The molecule has 9 nitrogen and oxygen atoms in total. The van der Waals surface area contributed by atoms with Gasteiger partial charge in [0.15, 0.2) is 5.82 Å². The van der Waals surface area contributed by atoms with Crippen molar-refractivity contribution >= 4 is 22.8 Å². The van der Waals surface area contributed by atoms with Crippen LogP contribution in [0.5, 0.6) is 0 Å². The van der Waals surface area contributed by atoms with Gasteiger partial charge < -0.3 is 10.3 Å². The van der Waals surface area contributed by atoms with Crippen LogP contribution in [-0.4, -0.2) is 40.6 Å². The number of carbonyl (C=O) groups excluding carboxylic acids is 1. The molecule has 23 heavy (non-hydrogen) atoms. The van der Waals surface area contributed by atoms with E-state index in [1.807, 2.05) is 0 Å². The molecule has 0 atom stereocenters. The number of anilines is 1. The Morgan fingerprint density at radius 1 is 1.13 bits per heavy atom. The van der Waals surface area contributed by atoms with Gasteiger partial charge in [-0.05, 0) is 18.2 Å². The van der Waals surface area contributed by atoms with Crippen molar-refractivity contribution in [1.29, 1.82) is 0 Å². The van der Waals surface area contributed by atoms with Crippen LogP contribution in [0.4, 0.5) is 5.82 Å². The number of nitrogens with zero attached hydrogens (tertiary/aromatic N) is 6. The molecular weight excluding hydrogens is 296 g/mol. The lowest BCUT2D eigenvalue weighted by atomic mass is 10.2. The Labute approximate surface area is 129 Å². The number of hydrogen-bond acceptors (Lipinski definition) is 6. The maximum atomic E-state index is 12.3. The summed E-state index contributed by atoms with van der Waals surface area (Å²) in [6, 6.07) is 6.83. The first-order valence-electron chi connectivity index (χ1n) is 6.71. The number of carbonyl (C=O) groups is 1. The number of H-pyrrole nitrogens is 1. The highest BCUT2D eigenvalue weighted by Crippen LogP contribution is 2.14. The Kier molecular flexibility index (Phi) is 3.01. The third-order valence-corrected chi connectivity index (χ3v) is 3.23. The Morgan fingerprint density at radius 3 is 2.96 bits per heavy atom. The van der Waals surface area contributed by atoms with Gasteiger partial charge in [-0.15, -0.1) is 0 Å². The summed E-state index contributed by atoms with van der Waals surface area (Å²) in [4.78, 5) is 31.4. The standard InChI is InChI=1S/C14H10N8O/c23-14(9-1-2-10-11(3-9)17-6-16-10)21-12-4-13(19-7-18-12)22-8-15-5-20-22/h1-8H,(H,16,17)(H,18,19,21,23). The van der Waals surface area contributed by atoms with Gasteiger partial charge in [0.2, 0.25) is 0 Å². The molecule has 3 heterocycles. The third-order valence-electron chi connectivity index (χ3n) is 3.23. The second-order valence-corrected chi connectivity index (χ2v) is 4.69. The van der Waals surface area contributed by atoms with Crippen LogP contribution < -0.4 is 5.32 Å². The van der Waals surface area contributed by atoms with Crippen molar-refractivity contribution < 1.29 is 4.79 Å². The number of fused-ring (bicyclic) bond motifs is 1.